The molecule has 0 unspecified atom stereocenters. The molecule has 2 aromatic rings. The maximum Gasteiger partial charge on any atom is 0.118 e. The SMILES string of the molecule is N#Cc1cc(-c2ccccc2Cl)c[nH]1. The standard InChI is InChI=1S/C11H7ClN2/c12-11-4-2-1-3-10(11)8-5-9(6-13)14-7-8/h1-5,7,14H. The second-order valence-corrected chi connectivity index (χ2v) is 3.30. The highest BCUT2D eigenvalue weighted by atomic mass is 35.5. The summed E-state index contributed by atoms with van der Waals surface area (Å²) in [5.41, 5.74) is 2.42. The zero-order valence-electron chi connectivity index (χ0n) is 7.29. The minimum atomic E-state index is 0.542. The summed E-state index contributed by atoms with van der Waals surface area (Å²) in [5, 5.41) is 9.34. The zero-order valence-corrected chi connectivity index (χ0v) is 8.05. The summed E-state index contributed by atoms with van der Waals surface area (Å²) in [6.07, 6.45) is 1.78. The highest BCUT2D eigenvalue weighted by Gasteiger charge is 2.04. The highest BCUT2D eigenvalue weighted by molar-refractivity contribution is 6.33. The largest absolute Gasteiger partial charge is 0.352 e. The van der Waals surface area contributed by atoms with Gasteiger partial charge < -0.3 is 4.98 Å². The Balaban J connectivity index is 2.51. The van der Waals surface area contributed by atoms with Crippen LogP contribution in [0.3, 0.4) is 0 Å². The molecular formula is C11H7ClN2. The molecule has 0 saturated heterocycles. The third kappa shape index (κ3) is 1.50. The second kappa shape index (κ2) is 3.57. The number of nitrogens with one attached hydrogen (secondary N) is 1. The zero-order chi connectivity index (χ0) is 9.97. The predicted octanol–water partition coefficient (Wildman–Crippen LogP) is 3.21. The Bertz CT molecular complexity index is 494. The number of nitrogens with zero attached hydrogens (tertiary/aromatic N) is 1. The van der Waals surface area contributed by atoms with Crippen LogP contribution in [0.1, 0.15) is 5.69 Å². The van der Waals surface area contributed by atoms with Gasteiger partial charge in [-0.25, -0.2) is 0 Å². The van der Waals surface area contributed by atoms with Crippen LogP contribution in [-0.4, -0.2) is 4.98 Å². The highest BCUT2D eigenvalue weighted by Crippen LogP contribution is 2.27. The first-order valence-corrected chi connectivity index (χ1v) is 4.52. The monoisotopic (exact) mass is 202 g/mol. The van der Waals surface area contributed by atoms with Gasteiger partial charge in [-0.1, -0.05) is 29.8 Å². The molecule has 3 heteroatoms. The maximum atomic E-state index is 8.65. The van der Waals surface area contributed by atoms with Gasteiger partial charge in [-0.3, -0.25) is 0 Å². The Morgan fingerprint density at radius 2 is 2.07 bits per heavy atom. The fourth-order valence-electron chi connectivity index (χ4n) is 1.31. The Morgan fingerprint density at radius 3 is 2.71 bits per heavy atom. The van der Waals surface area contributed by atoms with Gasteiger partial charge in [-0.15, -0.1) is 0 Å². The van der Waals surface area contributed by atoms with Gasteiger partial charge in [0.05, 0.1) is 0 Å². The molecule has 0 spiro atoms. The summed E-state index contributed by atoms with van der Waals surface area (Å²) >= 11 is 6.01. The number of halogens is 1. The minimum Gasteiger partial charge on any atom is -0.352 e. The van der Waals surface area contributed by atoms with Gasteiger partial charge in [0.1, 0.15) is 11.8 Å². The van der Waals surface area contributed by atoms with Gasteiger partial charge in [0.2, 0.25) is 0 Å². The van der Waals surface area contributed by atoms with Gasteiger partial charge in [0.25, 0.3) is 0 Å². The summed E-state index contributed by atoms with van der Waals surface area (Å²) in [6, 6.07) is 11.4. The van der Waals surface area contributed by atoms with Gasteiger partial charge in [-0.2, -0.15) is 5.26 Å². The van der Waals surface area contributed by atoms with Crippen LogP contribution >= 0.6 is 11.6 Å². The van der Waals surface area contributed by atoms with E-state index in [4.69, 9.17) is 16.9 Å². The van der Waals surface area contributed by atoms with Crippen molar-refractivity contribution in [2.24, 2.45) is 0 Å². The summed E-state index contributed by atoms with van der Waals surface area (Å²) < 4.78 is 0. The van der Waals surface area contributed by atoms with Crippen molar-refractivity contribution >= 4 is 11.6 Å². The van der Waals surface area contributed by atoms with Crippen LogP contribution in [0.15, 0.2) is 36.5 Å². The fourth-order valence-corrected chi connectivity index (χ4v) is 1.55. The Hall–Kier alpha value is -1.72. The molecule has 0 bridgehead atoms. The van der Waals surface area contributed by atoms with Crippen LogP contribution in [0.2, 0.25) is 5.02 Å². The summed E-state index contributed by atoms with van der Waals surface area (Å²) in [7, 11) is 0. The van der Waals surface area contributed by atoms with E-state index in [9.17, 15) is 0 Å². The summed E-state index contributed by atoms with van der Waals surface area (Å²) in [4.78, 5) is 2.86. The van der Waals surface area contributed by atoms with Crippen molar-refractivity contribution in [2.75, 3.05) is 0 Å². The van der Waals surface area contributed by atoms with Crippen LogP contribution in [0.4, 0.5) is 0 Å². The number of benzene rings is 1. The molecule has 0 fully saturated rings. The number of rotatable bonds is 1. The number of hydrogen-bond acceptors (Lipinski definition) is 1. The molecule has 14 heavy (non-hydrogen) atoms. The van der Waals surface area contributed by atoms with Crippen molar-refractivity contribution in [1.82, 2.24) is 4.98 Å². The third-order valence-electron chi connectivity index (χ3n) is 1.99. The van der Waals surface area contributed by atoms with Gasteiger partial charge in [-0.05, 0) is 12.1 Å². The van der Waals surface area contributed by atoms with Crippen molar-refractivity contribution in [2.45, 2.75) is 0 Å². The smallest absolute Gasteiger partial charge is 0.118 e. The Morgan fingerprint density at radius 1 is 1.29 bits per heavy atom. The molecule has 2 nitrogen and oxygen atoms in total. The number of H-pyrrole nitrogens is 1. The molecule has 2 rings (SSSR count). The predicted molar refractivity (Wildman–Crippen MR) is 56.0 cm³/mol. The van der Waals surface area contributed by atoms with Crippen molar-refractivity contribution in [1.29, 1.82) is 5.26 Å². The van der Waals surface area contributed by atoms with E-state index < -0.39 is 0 Å². The minimum absolute atomic E-state index is 0.542. The average Bonchev–Trinajstić information content (AvgIpc) is 2.67. The van der Waals surface area contributed by atoms with E-state index in [1.165, 1.54) is 0 Å². The molecule has 0 amide bonds. The maximum absolute atomic E-state index is 8.65. The van der Waals surface area contributed by atoms with E-state index in [2.05, 4.69) is 4.98 Å². The third-order valence-corrected chi connectivity index (χ3v) is 2.32. The molecule has 1 aromatic carbocycles. The van der Waals surface area contributed by atoms with Crippen LogP contribution in [0.25, 0.3) is 11.1 Å². The van der Waals surface area contributed by atoms with Crippen LogP contribution < -0.4 is 0 Å². The quantitative estimate of drug-likeness (QED) is 0.758. The average molecular weight is 203 g/mol. The summed E-state index contributed by atoms with van der Waals surface area (Å²) in [5.74, 6) is 0. The van der Waals surface area contributed by atoms with Crippen LogP contribution in [0.5, 0.6) is 0 Å². The lowest BCUT2D eigenvalue weighted by atomic mass is 10.1. The van der Waals surface area contributed by atoms with Crippen LogP contribution in [-0.2, 0) is 0 Å². The number of nitriles is 1. The van der Waals surface area contributed by atoms with Crippen molar-refractivity contribution in [3.63, 3.8) is 0 Å². The molecule has 0 atom stereocenters. The molecule has 0 aliphatic heterocycles. The number of aromatic amines is 1. The molecule has 0 aliphatic rings. The van der Waals surface area contributed by atoms with Gasteiger partial charge in [0.15, 0.2) is 0 Å². The summed E-state index contributed by atoms with van der Waals surface area (Å²) in [6.45, 7) is 0. The normalized spacial score (nSPS) is 9.71. The second-order valence-electron chi connectivity index (χ2n) is 2.89. The lowest BCUT2D eigenvalue weighted by Gasteiger charge is -1.98. The van der Waals surface area contributed by atoms with E-state index >= 15 is 0 Å². The van der Waals surface area contributed by atoms with Crippen LogP contribution in [0, 0.1) is 11.3 Å². The number of aromatic nitrogens is 1. The topological polar surface area (TPSA) is 39.6 Å². The Labute approximate surface area is 86.8 Å². The van der Waals surface area contributed by atoms with E-state index in [-0.39, 0.29) is 0 Å². The molecule has 1 N–H and O–H groups in total. The molecule has 0 radical (unpaired) electrons. The first-order chi connectivity index (χ1) is 6.81. The van der Waals surface area contributed by atoms with Gasteiger partial charge in [0, 0.05) is 22.3 Å². The van der Waals surface area contributed by atoms with Crippen molar-refractivity contribution in [3.8, 4) is 17.2 Å². The van der Waals surface area contributed by atoms with Crippen molar-refractivity contribution in [3.05, 3.63) is 47.2 Å². The van der Waals surface area contributed by atoms with E-state index in [0.717, 1.165) is 11.1 Å². The molecule has 1 aromatic heterocycles. The number of hydrogen-bond donors (Lipinski definition) is 1. The van der Waals surface area contributed by atoms with E-state index in [0.29, 0.717) is 10.7 Å². The molecule has 1 heterocycles. The first-order valence-electron chi connectivity index (χ1n) is 4.14. The fraction of sp³-hybridized carbons (Fsp3) is 0. The molecular weight excluding hydrogens is 196 g/mol. The van der Waals surface area contributed by atoms with Crippen molar-refractivity contribution < 1.29 is 0 Å². The molecule has 68 valence electrons. The lowest BCUT2D eigenvalue weighted by molar-refractivity contribution is 1.33. The Kier molecular flexibility index (Phi) is 2.26. The van der Waals surface area contributed by atoms with Gasteiger partial charge >= 0.3 is 0 Å². The van der Waals surface area contributed by atoms with E-state index in [1.807, 2.05) is 30.3 Å². The lowest BCUT2D eigenvalue weighted by Crippen LogP contribution is -1.74. The molecule has 0 saturated carbocycles. The first kappa shape index (κ1) is 8.86. The molecule has 0 aliphatic carbocycles. The van der Waals surface area contributed by atoms with E-state index in [1.54, 1.807) is 12.3 Å².